The lowest BCUT2D eigenvalue weighted by Crippen LogP contribution is -2.39. The number of rotatable bonds is 4. The van der Waals surface area contributed by atoms with Crippen molar-refractivity contribution in [3.05, 3.63) is 83.2 Å². The number of carbonyl (C=O) groups is 1. The van der Waals surface area contributed by atoms with Crippen LogP contribution in [0.2, 0.25) is 0 Å². The van der Waals surface area contributed by atoms with Crippen LogP contribution in [0.25, 0.3) is 21.5 Å². The van der Waals surface area contributed by atoms with Crippen molar-refractivity contribution in [2.45, 2.75) is 26.2 Å². The first kappa shape index (κ1) is 21.9. The third kappa shape index (κ3) is 4.45. The predicted molar refractivity (Wildman–Crippen MR) is 141 cm³/mol. The number of aliphatic imine (C=N–C) groups is 1. The van der Waals surface area contributed by atoms with Crippen molar-refractivity contribution in [3.8, 4) is 10.6 Å². The summed E-state index contributed by atoms with van der Waals surface area (Å²) in [5, 5.41) is 3.68. The normalized spacial score (nSPS) is 15.5. The summed E-state index contributed by atoms with van der Waals surface area (Å²) in [7, 11) is 0. The minimum Gasteiger partial charge on any atom is -0.287 e. The number of pyridine rings is 1. The Balaban J connectivity index is 1.60. The molecule has 0 aliphatic carbocycles. The second-order valence-electron chi connectivity index (χ2n) is 8.32. The predicted octanol–water partition coefficient (Wildman–Crippen LogP) is 7.35. The van der Waals surface area contributed by atoms with Gasteiger partial charge in [0.05, 0.1) is 27.3 Å². The first-order valence-corrected chi connectivity index (χ1v) is 13.0. The van der Waals surface area contributed by atoms with E-state index < -0.39 is 0 Å². The molecule has 1 saturated heterocycles. The maximum absolute atomic E-state index is 14.0. The molecule has 4 aromatic rings. The summed E-state index contributed by atoms with van der Waals surface area (Å²) in [4.78, 5) is 26.7. The van der Waals surface area contributed by atoms with E-state index in [2.05, 4.69) is 19.9 Å². The van der Waals surface area contributed by atoms with Gasteiger partial charge in [-0.05, 0) is 47.5 Å². The highest BCUT2D eigenvalue weighted by Crippen LogP contribution is 2.32. The SMILES string of the molecule is CC(C)c1ccccc1N=C1SCCCN1C(=O)c1cc(-c2cccs2)nc2ccccc12. The summed E-state index contributed by atoms with van der Waals surface area (Å²) < 4.78 is 0. The average Bonchev–Trinajstić information content (AvgIpc) is 3.39. The molecule has 1 aliphatic rings. The van der Waals surface area contributed by atoms with E-state index in [4.69, 9.17) is 9.98 Å². The van der Waals surface area contributed by atoms with Gasteiger partial charge in [-0.3, -0.25) is 9.69 Å². The molecule has 2 aromatic carbocycles. The van der Waals surface area contributed by atoms with Crippen molar-refractivity contribution in [2.75, 3.05) is 12.3 Å². The Morgan fingerprint density at radius 2 is 1.88 bits per heavy atom. The number of thiophene rings is 1. The van der Waals surface area contributed by atoms with Crippen LogP contribution in [0.4, 0.5) is 5.69 Å². The number of para-hydroxylation sites is 2. The van der Waals surface area contributed by atoms with Crippen LogP contribution in [0, 0.1) is 0 Å². The Kier molecular flexibility index (Phi) is 6.29. The minimum atomic E-state index is -0.0145. The summed E-state index contributed by atoms with van der Waals surface area (Å²) in [6.07, 6.45) is 0.946. The van der Waals surface area contributed by atoms with Crippen molar-refractivity contribution >= 4 is 50.8 Å². The van der Waals surface area contributed by atoms with Crippen molar-refractivity contribution in [1.29, 1.82) is 0 Å². The van der Waals surface area contributed by atoms with Gasteiger partial charge in [0, 0.05) is 17.7 Å². The van der Waals surface area contributed by atoms with Crippen molar-refractivity contribution in [2.24, 2.45) is 4.99 Å². The molecule has 0 atom stereocenters. The summed E-state index contributed by atoms with van der Waals surface area (Å²) >= 11 is 3.29. The molecule has 33 heavy (non-hydrogen) atoms. The van der Waals surface area contributed by atoms with E-state index in [1.165, 1.54) is 5.56 Å². The molecular weight excluding hydrogens is 446 g/mol. The Morgan fingerprint density at radius 1 is 1.06 bits per heavy atom. The van der Waals surface area contributed by atoms with E-state index in [0.717, 1.165) is 44.5 Å². The fourth-order valence-corrected chi connectivity index (χ4v) is 5.70. The van der Waals surface area contributed by atoms with Crippen LogP contribution >= 0.6 is 23.1 Å². The van der Waals surface area contributed by atoms with Crippen LogP contribution in [0.1, 0.15) is 42.1 Å². The second-order valence-corrected chi connectivity index (χ2v) is 10.3. The van der Waals surface area contributed by atoms with Crippen molar-refractivity contribution in [1.82, 2.24) is 9.88 Å². The molecule has 4 nitrogen and oxygen atoms in total. The van der Waals surface area contributed by atoms with Gasteiger partial charge in [0.2, 0.25) is 0 Å². The molecule has 6 heteroatoms. The van der Waals surface area contributed by atoms with Gasteiger partial charge < -0.3 is 0 Å². The lowest BCUT2D eigenvalue weighted by Gasteiger charge is -2.28. The number of hydrogen-bond acceptors (Lipinski definition) is 5. The minimum absolute atomic E-state index is 0.0145. The van der Waals surface area contributed by atoms with Crippen LogP contribution in [0.3, 0.4) is 0 Å². The fraction of sp³-hybridized carbons (Fsp3) is 0.222. The highest BCUT2D eigenvalue weighted by molar-refractivity contribution is 8.13. The number of carbonyl (C=O) groups excluding carboxylic acids is 1. The van der Waals surface area contributed by atoms with E-state index in [9.17, 15) is 4.79 Å². The molecule has 0 N–H and O–H groups in total. The number of amides is 1. The number of aromatic nitrogens is 1. The number of amidine groups is 1. The Morgan fingerprint density at radius 3 is 2.70 bits per heavy atom. The molecule has 0 saturated carbocycles. The molecule has 1 amide bonds. The molecule has 166 valence electrons. The number of fused-ring (bicyclic) bond motifs is 1. The largest absolute Gasteiger partial charge is 0.287 e. The van der Waals surface area contributed by atoms with Crippen molar-refractivity contribution in [3.63, 3.8) is 0 Å². The highest BCUT2D eigenvalue weighted by atomic mass is 32.2. The van der Waals surface area contributed by atoms with Crippen molar-refractivity contribution < 1.29 is 4.79 Å². The second kappa shape index (κ2) is 9.49. The van der Waals surface area contributed by atoms with Crippen LogP contribution in [0.15, 0.2) is 77.1 Å². The van der Waals surface area contributed by atoms with Gasteiger partial charge in [-0.15, -0.1) is 11.3 Å². The summed E-state index contributed by atoms with van der Waals surface area (Å²) in [5.74, 6) is 1.31. The number of benzene rings is 2. The van der Waals surface area contributed by atoms with Crippen LogP contribution in [0.5, 0.6) is 0 Å². The monoisotopic (exact) mass is 471 g/mol. The first-order chi connectivity index (χ1) is 16.1. The molecule has 2 aromatic heterocycles. The molecule has 1 aliphatic heterocycles. The van der Waals surface area contributed by atoms with Gasteiger partial charge in [0.25, 0.3) is 5.91 Å². The molecule has 0 radical (unpaired) electrons. The van der Waals surface area contributed by atoms with Crippen LogP contribution < -0.4 is 0 Å². The topological polar surface area (TPSA) is 45.6 Å². The maximum Gasteiger partial charge on any atom is 0.260 e. The van der Waals surface area contributed by atoms with E-state index >= 15 is 0 Å². The van der Waals surface area contributed by atoms with E-state index in [1.54, 1.807) is 23.1 Å². The molecule has 0 spiro atoms. The summed E-state index contributed by atoms with van der Waals surface area (Å²) in [6.45, 7) is 5.01. The standard InChI is InChI=1S/C27H25N3OS2/c1-18(2)19-9-3-5-11-22(19)29-27-30(14-8-16-33-27)26(31)21-17-24(25-13-7-15-32-25)28-23-12-6-4-10-20(21)23/h3-7,9-13,15,17-18H,8,14,16H2,1-2H3. The van der Waals surface area contributed by atoms with E-state index in [1.807, 2.05) is 70.9 Å². The Bertz CT molecular complexity index is 1330. The molecule has 3 heterocycles. The van der Waals surface area contributed by atoms with Crippen LogP contribution in [-0.4, -0.2) is 33.3 Å². The molecule has 5 rings (SSSR count). The lowest BCUT2D eigenvalue weighted by molar-refractivity contribution is 0.0851. The zero-order valence-corrected chi connectivity index (χ0v) is 20.3. The van der Waals surface area contributed by atoms with Gasteiger partial charge in [-0.1, -0.05) is 68.1 Å². The third-order valence-corrected chi connectivity index (χ3v) is 7.68. The highest BCUT2D eigenvalue weighted by Gasteiger charge is 2.27. The Hall–Kier alpha value is -2.96. The number of nitrogens with zero attached hydrogens (tertiary/aromatic N) is 3. The number of hydrogen-bond donors (Lipinski definition) is 0. The fourth-order valence-electron chi connectivity index (χ4n) is 4.07. The zero-order valence-electron chi connectivity index (χ0n) is 18.7. The first-order valence-electron chi connectivity index (χ1n) is 11.2. The molecule has 1 fully saturated rings. The van der Waals surface area contributed by atoms with Gasteiger partial charge in [0.15, 0.2) is 5.17 Å². The smallest absolute Gasteiger partial charge is 0.260 e. The van der Waals surface area contributed by atoms with Gasteiger partial charge in [-0.25, -0.2) is 9.98 Å². The van der Waals surface area contributed by atoms with Gasteiger partial charge in [-0.2, -0.15) is 0 Å². The van der Waals surface area contributed by atoms with Crippen LogP contribution in [-0.2, 0) is 0 Å². The van der Waals surface area contributed by atoms with Gasteiger partial charge in [0.1, 0.15) is 0 Å². The van der Waals surface area contributed by atoms with E-state index in [-0.39, 0.29) is 5.91 Å². The molecular formula is C27H25N3OS2. The zero-order chi connectivity index (χ0) is 22.8. The average molecular weight is 472 g/mol. The number of thioether (sulfide) groups is 1. The lowest BCUT2D eigenvalue weighted by atomic mass is 10.0. The third-order valence-electron chi connectivity index (χ3n) is 5.73. The van der Waals surface area contributed by atoms with Gasteiger partial charge >= 0.3 is 0 Å². The summed E-state index contributed by atoms with van der Waals surface area (Å²) in [6, 6.07) is 22.1. The quantitative estimate of drug-likeness (QED) is 0.312. The maximum atomic E-state index is 14.0. The molecule has 0 bridgehead atoms. The van der Waals surface area contributed by atoms with E-state index in [0.29, 0.717) is 18.0 Å². The molecule has 0 unspecified atom stereocenters. The Labute approximate surface area is 202 Å². The summed E-state index contributed by atoms with van der Waals surface area (Å²) in [5.41, 5.74) is 4.48.